The third kappa shape index (κ3) is 2.66. The Kier molecular flexibility index (Phi) is 3.37. The first-order valence-corrected chi connectivity index (χ1v) is 8.90. The molecule has 0 atom stereocenters. The lowest BCUT2D eigenvalue weighted by Gasteiger charge is -2.09. The molecule has 4 rings (SSSR count). The maximum absolute atomic E-state index is 11.0. The van der Waals surface area contributed by atoms with E-state index in [-0.39, 0.29) is 4.90 Å². The van der Waals surface area contributed by atoms with E-state index in [0.29, 0.717) is 0 Å². The number of hydrogen-bond donors (Lipinski definition) is 0. The van der Waals surface area contributed by atoms with Crippen LogP contribution in [0.3, 0.4) is 0 Å². The monoisotopic (exact) mass is 333 g/mol. The smallest absolute Gasteiger partial charge is 0.124 e. The molecular formula is C20H13O3S-. The predicted molar refractivity (Wildman–Crippen MR) is 94.9 cm³/mol. The Morgan fingerprint density at radius 3 is 1.75 bits per heavy atom. The third-order valence-corrected chi connectivity index (χ3v) is 5.03. The number of benzene rings is 4. The molecule has 24 heavy (non-hydrogen) atoms. The van der Waals surface area contributed by atoms with Crippen molar-refractivity contribution in [3.05, 3.63) is 78.9 Å². The van der Waals surface area contributed by atoms with Crippen LogP contribution in [0.5, 0.6) is 0 Å². The lowest BCUT2D eigenvalue weighted by molar-refractivity contribution is 0.463. The summed E-state index contributed by atoms with van der Waals surface area (Å²) in [5.41, 5.74) is 1.85. The van der Waals surface area contributed by atoms with Crippen LogP contribution in [0.25, 0.3) is 32.7 Å². The molecule has 0 aliphatic heterocycles. The number of hydrogen-bond acceptors (Lipinski definition) is 3. The van der Waals surface area contributed by atoms with Crippen LogP contribution in [0.1, 0.15) is 0 Å². The predicted octanol–water partition coefficient (Wildman–Crippen LogP) is 4.56. The lowest BCUT2D eigenvalue weighted by atomic mass is 9.99. The van der Waals surface area contributed by atoms with Crippen molar-refractivity contribution in [3.8, 4) is 11.1 Å². The lowest BCUT2D eigenvalue weighted by Crippen LogP contribution is -1.97. The molecule has 0 aliphatic rings. The summed E-state index contributed by atoms with van der Waals surface area (Å²) in [5, 5.41) is 4.64. The highest BCUT2D eigenvalue weighted by Crippen LogP contribution is 2.28. The Bertz CT molecular complexity index is 1160. The quantitative estimate of drug-likeness (QED) is 0.399. The van der Waals surface area contributed by atoms with Crippen molar-refractivity contribution in [2.45, 2.75) is 4.90 Å². The minimum absolute atomic E-state index is 0.210. The summed E-state index contributed by atoms with van der Waals surface area (Å²) >= 11 is 0. The van der Waals surface area contributed by atoms with Crippen molar-refractivity contribution < 1.29 is 13.0 Å². The standard InChI is InChI=1S/C20H14O3S/c21-24(22,23)20-9-7-14(8-10-20)17-5-6-18-11-15-3-1-2-4-16(15)12-19(18)13-17/h1-13H,(H,21,22,23)/p-1. The summed E-state index contributed by atoms with van der Waals surface area (Å²) in [7, 11) is -4.41. The van der Waals surface area contributed by atoms with Gasteiger partial charge in [0, 0.05) is 0 Å². The molecule has 0 radical (unpaired) electrons. The largest absolute Gasteiger partial charge is 0.744 e. The SMILES string of the molecule is O=S(=O)([O-])c1ccc(-c2ccc3cc4ccccc4cc3c2)cc1. The van der Waals surface area contributed by atoms with Gasteiger partial charge in [0.1, 0.15) is 10.1 Å². The van der Waals surface area contributed by atoms with Gasteiger partial charge in [-0.3, -0.25) is 0 Å². The van der Waals surface area contributed by atoms with Gasteiger partial charge in [0.25, 0.3) is 0 Å². The molecule has 4 aromatic rings. The summed E-state index contributed by atoms with van der Waals surface area (Å²) in [5.74, 6) is 0. The van der Waals surface area contributed by atoms with Crippen molar-refractivity contribution in [3.63, 3.8) is 0 Å². The highest BCUT2D eigenvalue weighted by Gasteiger charge is 2.04. The molecule has 0 N–H and O–H groups in total. The van der Waals surface area contributed by atoms with Gasteiger partial charge in [-0.1, -0.05) is 48.5 Å². The van der Waals surface area contributed by atoms with Gasteiger partial charge in [-0.15, -0.1) is 0 Å². The highest BCUT2D eigenvalue weighted by molar-refractivity contribution is 7.85. The molecule has 3 nitrogen and oxygen atoms in total. The van der Waals surface area contributed by atoms with Crippen LogP contribution in [0, 0.1) is 0 Å². The Balaban J connectivity index is 1.83. The molecule has 0 fully saturated rings. The van der Waals surface area contributed by atoms with Crippen LogP contribution in [0.4, 0.5) is 0 Å². The van der Waals surface area contributed by atoms with E-state index in [4.69, 9.17) is 0 Å². The van der Waals surface area contributed by atoms with E-state index in [2.05, 4.69) is 36.4 Å². The molecule has 0 saturated heterocycles. The Morgan fingerprint density at radius 2 is 1.12 bits per heavy atom. The van der Waals surface area contributed by atoms with E-state index in [9.17, 15) is 13.0 Å². The summed E-state index contributed by atoms with van der Waals surface area (Å²) < 4.78 is 33.1. The molecule has 0 aliphatic carbocycles. The minimum atomic E-state index is -4.41. The van der Waals surface area contributed by atoms with Crippen LogP contribution < -0.4 is 0 Å². The van der Waals surface area contributed by atoms with Gasteiger partial charge in [-0.05, 0) is 63.0 Å². The summed E-state index contributed by atoms with van der Waals surface area (Å²) in [6.07, 6.45) is 0. The Labute approximate surface area is 139 Å². The third-order valence-electron chi connectivity index (χ3n) is 4.18. The van der Waals surface area contributed by atoms with Crippen LogP contribution in [0.2, 0.25) is 0 Å². The van der Waals surface area contributed by atoms with Gasteiger partial charge >= 0.3 is 0 Å². The molecule has 4 aromatic carbocycles. The highest BCUT2D eigenvalue weighted by atomic mass is 32.2. The molecule has 0 amide bonds. The van der Waals surface area contributed by atoms with Crippen LogP contribution in [-0.2, 0) is 10.1 Å². The Hall–Kier alpha value is -2.69. The maximum atomic E-state index is 11.0. The van der Waals surface area contributed by atoms with Crippen molar-refractivity contribution in [1.29, 1.82) is 0 Å². The average molecular weight is 333 g/mol. The van der Waals surface area contributed by atoms with Gasteiger partial charge in [-0.25, -0.2) is 8.42 Å². The first kappa shape index (κ1) is 14.9. The summed E-state index contributed by atoms with van der Waals surface area (Å²) in [6, 6.07) is 24.6. The van der Waals surface area contributed by atoms with E-state index < -0.39 is 10.1 Å². The van der Waals surface area contributed by atoms with Gasteiger partial charge in [-0.2, -0.15) is 0 Å². The van der Waals surface area contributed by atoms with E-state index in [1.807, 2.05) is 18.2 Å². The molecule has 0 saturated carbocycles. The van der Waals surface area contributed by atoms with Crippen LogP contribution in [0.15, 0.2) is 83.8 Å². The normalized spacial score (nSPS) is 11.9. The molecule has 0 aromatic heterocycles. The summed E-state index contributed by atoms with van der Waals surface area (Å²) in [4.78, 5) is -0.210. The Morgan fingerprint density at radius 1 is 0.583 bits per heavy atom. The van der Waals surface area contributed by atoms with E-state index in [1.165, 1.54) is 22.9 Å². The second-order valence-corrected chi connectivity index (χ2v) is 7.12. The average Bonchev–Trinajstić information content (AvgIpc) is 2.59. The first-order chi connectivity index (χ1) is 11.5. The van der Waals surface area contributed by atoms with Crippen molar-refractivity contribution in [1.82, 2.24) is 0 Å². The van der Waals surface area contributed by atoms with Crippen LogP contribution in [-0.4, -0.2) is 13.0 Å². The van der Waals surface area contributed by atoms with Crippen molar-refractivity contribution in [2.75, 3.05) is 0 Å². The van der Waals surface area contributed by atoms with Crippen molar-refractivity contribution >= 4 is 31.7 Å². The fourth-order valence-electron chi connectivity index (χ4n) is 2.93. The molecule has 4 heteroatoms. The van der Waals surface area contributed by atoms with Crippen LogP contribution >= 0.6 is 0 Å². The van der Waals surface area contributed by atoms with E-state index >= 15 is 0 Å². The zero-order valence-corrected chi connectivity index (χ0v) is 13.5. The molecule has 0 heterocycles. The minimum Gasteiger partial charge on any atom is -0.744 e. The molecule has 118 valence electrons. The maximum Gasteiger partial charge on any atom is 0.124 e. The first-order valence-electron chi connectivity index (χ1n) is 7.50. The molecule has 0 spiro atoms. The number of fused-ring (bicyclic) bond motifs is 2. The van der Waals surface area contributed by atoms with Gasteiger partial charge in [0.05, 0.1) is 4.90 Å². The van der Waals surface area contributed by atoms with Gasteiger partial charge in [0.2, 0.25) is 0 Å². The molecule has 0 unspecified atom stereocenters. The fourth-order valence-corrected chi connectivity index (χ4v) is 3.40. The zero-order chi connectivity index (χ0) is 16.7. The zero-order valence-electron chi connectivity index (χ0n) is 12.6. The van der Waals surface area contributed by atoms with Crippen molar-refractivity contribution in [2.24, 2.45) is 0 Å². The topological polar surface area (TPSA) is 57.2 Å². The second-order valence-electron chi connectivity index (χ2n) is 5.74. The molecular weight excluding hydrogens is 320 g/mol. The summed E-state index contributed by atoms with van der Waals surface area (Å²) in [6.45, 7) is 0. The fraction of sp³-hybridized carbons (Fsp3) is 0. The van der Waals surface area contributed by atoms with E-state index in [1.54, 1.807) is 12.1 Å². The number of rotatable bonds is 2. The molecule has 0 bridgehead atoms. The van der Waals surface area contributed by atoms with Gasteiger partial charge < -0.3 is 4.55 Å². The van der Waals surface area contributed by atoms with Gasteiger partial charge in [0.15, 0.2) is 0 Å². The van der Waals surface area contributed by atoms with E-state index in [0.717, 1.165) is 21.9 Å². The second kappa shape index (κ2) is 5.44.